The van der Waals surface area contributed by atoms with E-state index in [-0.39, 0.29) is 5.92 Å². The summed E-state index contributed by atoms with van der Waals surface area (Å²) in [7, 11) is 0. The normalized spacial score (nSPS) is 32.2. The minimum Gasteiger partial charge on any atom is -0.380 e. The van der Waals surface area contributed by atoms with Crippen LogP contribution >= 0.6 is 0 Å². The first-order valence-electron chi connectivity index (χ1n) is 6.86. The van der Waals surface area contributed by atoms with Crippen LogP contribution in [0.1, 0.15) is 25.7 Å². The number of likely N-dealkylation sites (tertiary alicyclic amines) is 1. The van der Waals surface area contributed by atoms with Crippen LogP contribution in [0, 0.1) is 11.3 Å². The quantitative estimate of drug-likeness (QED) is 0.728. The molecule has 1 N–H and O–H groups in total. The molecule has 4 heteroatoms. The molecule has 0 aromatic rings. The summed E-state index contributed by atoms with van der Waals surface area (Å²) in [6.07, 6.45) is 4.48. The number of rotatable bonds is 1. The van der Waals surface area contributed by atoms with Gasteiger partial charge in [-0.1, -0.05) is 0 Å². The van der Waals surface area contributed by atoms with Crippen molar-refractivity contribution in [3.8, 4) is 0 Å². The number of carbonyl (C=O) groups excluding carboxylic acids is 1. The van der Waals surface area contributed by atoms with Crippen molar-refractivity contribution in [3.05, 3.63) is 0 Å². The Kier molecular flexibility index (Phi) is 3.09. The lowest BCUT2D eigenvalue weighted by Gasteiger charge is -2.47. The Labute approximate surface area is 103 Å². The Hall–Kier alpha value is -0.610. The summed E-state index contributed by atoms with van der Waals surface area (Å²) in [5.41, 5.74) is 0.432. The third-order valence-electron chi connectivity index (χ3n) is 4.60. The number of hydrogen-bond acceptors (Lipinski definition) is 3. The Morgan fingerprint density at radius 2 is 2.06 bits per heavy atom. The summed E-state index contributed by atoms with van der Waals surface area (Å²) < 4.78 is 5.31. The molecule has 0 aromatic carbocycles. The third kappa shape index (κ3) is 2.20. The second-order valence-electron chi connectivity index (χ2n) is 5.86. The maximum Gasteiger partial charge on any atom is 0.226 e. The van der Waals surface area contributed by atoms with E-state index in [1.54, 1.807) is 0 Å². The van der Waals surface area contributed by atoms with E-state index in [4.69, 9.17) is 4.74 Å². The fourth-order valence-electron chi connectivity index (χ4n) is 3.20. The molecule has 3 aliphatic rings. The molecule has 17 heavy (non-hydrogen) atoms. The average Bonchev–Trinajstić information content (AvgIpc) is 2.37. The van der Waals surface area contributed by atoms with Crippen LogP contribution in [0.15, 0.2) is 0 Å². The molecule has 0 bridgehead atoms. The van der Waals surface area contributed by atoms with Crippen molar-refractivity contribution in [1.29, 1.82) is 0 Å². The van der Waals surface area contributed by atoms with Gasteiger partial charge in [0.15, 0.2) is 0 Å². The molecular weight excluding hydrogens is 216 g/mol. The van der Waals surface area contributed by atoms with Gasteiger partial charge in [-0.2, -0.15) is 0 Å². The van der Waals surface area contributed by atoms with Crippen molar-refractivity contribution in [2.45, 2.75) is 25.7 Å². The summed E-state index contributed by atoms with van der Waals surface area (Å²) in [6, 6.07) is 0. The summed E-state index contributed by atoms with van der Waals surface area (Å²) in [4.78, 5) is 14.4. The van der Waals surface area contributed by atoms with Gasteiger partial charge in [-0.05, 0) is 32.2 Å². The molecule has 1 spiro atoms. The SMILES string of the molecule is O=C([C@@H]1CCCNC1)N1CCC2(CC1)COC2. The van der Waals surface area contributed by atoms with Crippen molar-refractivity contribution in [2.24, 2.45) is 11.3 Å². The number of ether oxygens (including phenoxy) is 1. The Balaban J connectivity index is 1.53. The van der Waals surface area contributed by atoms with E-state index in [1.165, 1.54) is 0 Å². The second-order valence-corrected chi connectivity index (χ2v) is 5.86. The minimum atomic E-state index is 0.232. The van der Waals surface area contributed by atoms with Crippen LogP contribution in [-0.4, -0.2) is 50.2 Å². The van der Waals surface area contributed by atoms with E-state index in [2.05, 4.69) is 10.2 Å². The van der Waals surface area contributed by atoms with E-state index in [0.29, 0.717) is 11.3 Å². The van der Waals surface area contributed by atoms with Crippen molar-refractivity contribution in [1.82, 2.24) is 10.2 Å². The number of nitrogens with zero attached hydrogens (tertiary/aromatic N) is 1. The third-order valence-corrected chi connectivity index (χ3v) is 4.60. The van der Waals surface area contributed by atoms with Crippen molar-refractivity contribution < 1.29 is 9.53 Å². The van der Waals surface area contributed by atoms with Gasteiger partial charge in [0.2, 0.25) is 5.91 Å². The molecular formula is C13H22N2O2. The molecule has 0 aliphatic carbocycles. The summed E-state index contributed by atoms with van der Waals surface area (Å²) in [6.45, 7) is 5.67. The standard InChI is InChI=1S/C13H22N2O2/c16-12(11-2-1-5-14-8-11)15-6-3-13(4-7-15)9-17-10-13/h11,14H,1-10H2/t11-/m1/s1. The zero-order valence-electron chi connectivity index (χ0n) is 10.4. The fourth-order valence-corrected chi connectivity index (χ4v) is 3.20. The maximum absolute atomic E-state index is 12.3. The smallest absolute Gasteiger partial charge is 0.226 e. The first-order valence-corrected chi connectivity index (χ1v) is 6.86. The minimum absolute atomic E-state index is 0.232. The van der Waals surface area contributed by atoms with E-state index >= 15 is 0 Å². The molecule has 0 saturated carbocycles. The number of piperidine rings is 2. The van der Waals surface area contributed by atoms with Crippen molar-refractivity contribution >= 4 is 5.91 Å². The molecule has 1 amide bonds. The Bertz CT molecular complexity index is 286. The zero-order chi connectivity index (χ0) is 11.7. The van der Waals surface area contributed by atoms with Gasteiger partial charge >= 0.3 is 0 Å². The lowest BCUT2D eigenvalue weighted by Crippen LogP contribution is -2.53. The number of carbonyl (C=O) groups is 1. The summed E-state index contributed by atoms with van der Waals surface area (Å²) in [5.74, 6) is 0.614. The van der Waals surface area contributed by atoms with E-state index in [1.807, 2.05) is 0 Å². The Morgan fingerprint density at radius 3 is 2.59 bits per heavy atom. The monoisotopic (exact) mass is 238 g/mol. The molecule has 0 unspecified atom stereocenters. The largest absolute Gasteiger partial charge is 0.380 e. The van der Waals surface area contributed by atoms with Gasteiger partial charge in [0.1, 0.15) is 0 Å². The van der Waals surface area contributed by atoms with Crippen LogP contribution in [0.4, 0.5) is 0 Å². The topological polar surface area (TPSA) is 41.6 Å². The molecule has 4 nitrogen and oxygen atoms in total. The van der Waals surface area contributed by atoms with Crippen molar-refractivity contribution in [3.63, 3.8) is 0 Å². The van der Waals surface area contributed by atoms with Gasteiger partial charge in [-0.3, -0.25) is 4.79 Å². The predicted octanol–water partition coefficient (Wildman–Crippen LogP) is 0.625. The fraction of sp³-hybridized carbons (Fsp3) is 0.923. The van der Waals surface area contributed by atoms with Crippen LogP contribution in [0.25, 0.3) is 0 Å². The highest BCUT2D eigenvalue weighted by molar-refractivity contribution is 5.79. The van der Waals surface area contributed by atoms with E-state index in [0.717, 1.165) is 65.1 Å². The molecule has 3 fully saturated rings. The summed E-state index contributed by atoms with van der Waals surface area (Å²) in [5, 5.41) is 3.33. The molecule has 3 aliphatic heterocycles. The summed E-state index contributed by atoms with van der Waals surface area (Å²) >= 11 is 0. The number of nitrogens with one attached hydrogen (secondary N) is 1. The van der Waals surface area contributed by atoms with Crippen LogP contribution < -0.4 is 5.32 Å². The molecule has 3 heterocycles. The van der Waals surface area contributed by atoms with Crippen LogP contribution in [-0.2, 0) is 9.53 Å². The molecule has 3 saturated heterocycles. The lowest BCUT2D eigenvalue weighted by molar-refractivity contribution is -0.155. The van der Waals surface area contributed by atoms with Crippen LogP contribution in [0.3, 0.4) is 0 Å². The predicted molar refractivity (Wildman–Crippen MR) is 64.7 cm³/mol. The van der Waals surface area contributed by atoms with E-state index in [9.17, 15) is 4.79 Å². The van der Waals surface area contributed by atoms with Gasteiger partial charge in [0, 0.05) is 25.0 Å². The van der Waals surface area contributed by atoms with Crippen molar-refractivity contribution in [2.75, 3.05) is 39.4 Å². The van der Waals surface area contributed by atoms with E-state index < -0.39 is 0 Å². The van der Waals surface area contributed by atoms with Gasteiger partial charge in [0.25, 0.3) is 0 Å². The molecule has 1 atom stereocenters. The highest BCUT2D eigenvalue weighted by atomic mass is 16.5. The van der Waals surface area contributed by atoms with Gasteiger partial charge in [-0.15, -0.1) is 0 Å². The highest BCUT2D eigenvalue weighted by Gasteiger charge is 2.42. The molecule has 0 radical (unpaired) electrons. The molecule has 0 aromatic heterocycles. The van der Waals surface area contributed by atoms with Crippen LogP contribution in [0.2, 0.25) is 0 Å². The molecule has 96 valence electrons. The number of hydrogen-bond donors (Lipinski definition) is 1. The highest BCUT2D eigenvalue weighted by Crippen LogP contribution is 2.38. The second kappa shape index (κ2) is 4.58. The maximum atomic E-state index is 12.3. The Morgan fingerprint density at radius 1 is 1.29 bits per heavy atom. The number of amides is 1. The van der Waals surface area contributed by atoms with Gasteiger partial charge in [0.05, 0.1) is 19.1 Å². The van der Waals surface area contributed by atoms with Gasteiger partial charge < -0.3 is 15.0 Å². The van der Waals surface area contributed by atoms with Gasteiger partial charge in [-0.25, -0.2) is 0 Å². The molecule has 3 rings (SSSR count). The zero-order valence-corrected chi connectivity index (χ0v) is 10.4. The average molecular weight is 238 g/mol. The van der Waals surface area contributed by atoms with Crippen LogP contribution in [0.5, 0.6) is 0 Å². The lowest BCUT2D eigenvalue weighted by atomic mass is 9.76. The first-order chi connectivity index (χ1) is 8.29. The first kappa shape index (κ1) is 11.5.